The maximum absolute atomic E-state index is 13.6. The molecule has 0 amide bonds. The number of fused-ring (bicyclic) bond motifs is 1. The Hall–Kier alpha value is -1.90. The number of rotatable bonds is 3. The van der Waals surface area contributed by atoms with E-state index < -0.39 is 0 Å². The minimum atomic E-state index is -0.380. The van der Waals surface area contributed by atoms with E-state index in [4.69, 9.17) is 0 Å². The summed E-state index contributed by atoms with van der Waals surface area (Å²) >= 11 is 0. The molecule has 1 N–H and O–H groups in total. The Balaban J connectivity index is 1.80. The van der Waals surface area contributed by atoms with Gasteiger partial charge in [-0.05, 0) is 60.6 Å². The molecule has 1 aliphatic rings. The van der Waals surface area contributed by atoms with Crippen molar-refractivity contribution >= 4 is 5.69 Å². The van der Waals surface area contributed by atoms with E-state index in [-0.39, 0.29) is 11.6 Å². The molecule has 0 saturated heterocycles. The van der Waals surface area contributed by atoms with E-state index in [0.29, 0.717) is 12.0 Å². The van der Waals surface area contributed by atoms with Crippen molar-refractivity contribution in [2.75, 3.05) is 11.9 Å². The summed E-state index contributed by atoms with van der Waals surface area (Å²) in [4.78, 5) is 0. The molecule has 0 aromatic heterocycles. The van der Waals surface area contributed by atoms with Crippen LogP contribution in [0.25, 0.3) is 0 Å². The lowest BCUT2D eigenvalue weighted by atomic mass is 9.95. The van der Waals surface area contributed by atoms with Gasteiger partial charge in [-0.3, -0.25) is 0 Å². The maximum atomic E-state index is 13.6. The molecule has 2 aromatic rings. The topological polar surface area (TPSA) is 12.0 Å². The van der Waals surface area contributed by atoms with Gasteiger partial charge >= 0.3 is 0 Å². The highest BCUT2D eigenvalue weighted by molar-refractivity contribution is 5.59. The monoisotopic (exact) mass is 273 g/mol. The number of benzene rings is 2. The Morgan fingerprint density at radius 3 is 2.75 bits per heavy atom. The van der Waals surface area contributed by atoms with Crippen molar-refractivity contribution in [1.29, 1.82) is 0 Å². The summed E-state index contributed by atoms with van der Waals surface area (Å²) in [6.07, 6.45) is 3.47. The third-order valence-corrected chi connectivity index (χ3v) is 3.83. The molecular weight excluding hydrogens is 256 g/mol. The van der Waals surface area contributed by atoms with E-state index in [1.165, 1.54) is 28.9 Å². The smallest absolute Gasteiger partial charge is 0.126 e. The Labute approximate surface area is 117 Å². The van der Waals surface area contributed by atoms with Gasteiger partial charge in [0.1, 0.15) is 11.6 Å². The third kappa shape index (κ3) is 2.67. The van der Waals surface area contributed by atoms with Gasteiger partial charge in [-0.2, -0.15) is 0 Å². The standard InChI is InChI=1S/C17H17F2N/c18-15-8-9-16(19)14(11-15)7-6-13-4-1-3-12-5-2-10-20-17(12)13/h1,3-4,8-9,11,20H,2,5-7,10H2. The molecule has 1 nitrogen and oxygen atoms in total. The molecule has 0 atom stereocenters. The van der Waals surface area contributed by atoms with Crippen LogP contribution >= 0.6 is 0 Å². The zero-order valence-corrected chi connectivity index (χ0v) is 11.3. The Bertz CT molecular complexity index is 622. The number of hydrogen-bond acceptors (Lipinski definition) is 1. The minimum absolute atomic E-state index is 0.329. The molecule has 0 saturated carbocycles. The van der Waals surface area contributed by atoms with Crippen molar-refractivity contribution < 1.29 is 8.78 Å². The van der Waals surface area contributed by atoms with Gasteiger partial charge in [-0.25, -0.2) is 8.78 Å². The normalized spacial score (nSPS) is 13.7. The van der Waals surface area contributed by atoms with Crippen LogP contribution in [0.1, 0.15) is 23.1 Å². The molecular formula is C17H17F2N. The fourth-order valence-electron chi connectivity index (χ4n) is 2.79. The van der Waals surface area contributed by atoms with Gasteiger partial charge in [-0.15, -0.1) is 0 Å². The summed E-state index contributed by atoms with van der Waals surface area (Å²) in [5, 5.41) is 3.43. The first-order valence-electron chi connectivity index (χ1n) is 7.02. The summed E-state index contributed by atoms with van der Waals surface area (Å²) < 4.78 is 26.8. The zero-order valence-electron chi connectivity index (χ0n) is 11.3. The van der Waals surface area contributed by atoms with Gasteiger partial charge in [0.05, 0.1) is 0 Å². The number of aryl methyl sites for hydroxylation is 3. The van der Waals surface area contributed by atoms with Gasteiger partial charge in [0, 0.05) is 12.2 Å². The predicted octanol–water partition coefficient (Wildman–Crippen LogP) is 4.11. The minimum Gasteiger partial charge on any atom is -0.385 e. The summed E-state index contributed by atoms with van der Waals surface area (Å²) in [6.45, 7) is 0.984. The second-order valence-corrected chi connectivity index (χ2v) is 5.22. The number of anilines is 1. The zero-order chi connectivity index (χ0) is 13.9. The first-order valence-corrected chi connectivity index (χ1v) is 7.02. The molecule has 3 heteroatoms. The van der Waals surface area contributed by atoms with E-state index in [2.05, 4.69) is 17.4 Å². The van der Waals surface area contributed by atoms with Gasteiger partial charge in [0.2, 0.25) is 0 Å². The van der Waals surface area contributed by atoms with E-state index in [1.54, 1.807) is 0 Å². The first kappa shape index (κ1) is 13.1. The highest BCUT2D eigenvalue weighted by Gasteiger charge is 2.13. The van der Waals surface area contributed by atoms with Gasteiger partial charge in [-0.1, -0.05) is 18.2 Å². The molecule has 104 valence electrons. The second kappa shape index (κ2) is 5.61. The molecule has 1 aliphatic heterocycles. The lowest BCUT2D eigenvalue weighted by Gasteiger charge is -2.21. The third-order valence-electron chi connectivity index (χ3n) is 3.83. The quantitative estimate of drug-likeness (QED) is 0.887. The van der Waals surface area contributed by atoms with Crippen LogP contribution in [-0.2, 0) is 19.3 Å². The molecule has 0 spiro atoms. The highest BCUT2D eigenvalue weighted by Crippen LogP contribution is 2.27. The van der Waals surface area contributed by atoms with Crippen LogP contribution in [0.5, 0.6) is 0 Å². The van der Waals surface area contributed by atoms with Crippen molar-refractivity contribution in [3.05, 3.63) is 64.7 Å². The Morgan fingerprint density at radius 2 is 1.85 bits per heavy atom. The molecule has 0 unspecified atom stereocenters. The lowest BCUT2D eigenvalue weighted by Crippen LogP contribution is -2.14. The van der Waals surface area contributed by atoms with Crippen LogP contribution < -0.4 is 5.32 Å². The van der Waals surface area contributed by atoms with Crippen molar-refractivity contribution in [3.8, 4) is 0 Å². The lowest BCUT2D eigenvalue weighted by molar-refractivity contribution is 0.584. The van der Waals surface area contributed by atoms with Crippen LogP contribution in [0.3, 0.4) is 0 Å². The summed E-state index contributed by atoms with van der Waals surface area (Å²) in [6, 6.07) is 9.89. The average molecular weight is 273 g/mol. The number of para-hydroxylation sites is 1. The summed E-state index contributed by atoms with van der Waals surface area (Å²) in [5.41, 5.74) is 4.15. The molecule has 0 radical (unpaired) electrons. The number of hydrogen-bond donors (Lipinski definition) is 1. The highest BCUT2D eigenvalue weighted by atomic mass is 19.1. The first-order chi connectivity index (χ1) is 9.74. The van der Waals surface area contributed by atoms with Gasteiger partial charge in [0.15, 0.2) is 0 Å². The SMILES string of the molecule is Fc1ccc(F)c(CCc2cccc3c2NCCC3)c1. The van der Waals surface area contributed by atoms with Crippen LogP contribution in [0.2, 0.25) is 0 Å². The second-order valence-electron chi connectivity index (χ2n) is 5.22. The molecule has 0 bridgehead atoms. The summed E-state index contributed by atoms with van der Waals surface area (Å²) in [5.74, 6) is -0.709. The van der Waals surface area contributed by atoms with Crippen LogP contribution in [0.4, 0.5) is 14.5 Å². The summed E-state index contributed by atoms with van der Waals surface area (Å²) in [7, 11) is 0. The van der Waals surface area contributed by atoms with Gasteiger partial charge in [0.25, 0.3) is 0 Å². The predicted molar refractivity (Wildman–Crippen MR) is 77.0 cm³/mol. The van der Waals surface area contributed by atoms with E-state index >= 15 is 0 Å². The van der Waals surface area contributed by atoms with Crippen molar-refractivity contribution in [3.63, 3.8) is 0 Å². The maximum Gasteiger partial charge on any atom is 0.126 e. The molecule has 20 heavy (non-hydrogen) atoms. The number of nitrogens with one attached hydrogen (secondary N) is 1. The number of halogens is 2. The molecule has 3 rings (SSSR count). The largest absolute Gasteiger partial charge is 0.385 e. The van der Waals surface area contributed by atoms with Crippen molar-refractivity contribution in [2.24, 2.45) is 0 Å². The van der Waals surface area contributed by atoms with E-state index in [0.717, 1.165) is 31.9 Å². The van der Waals surface area contributed by atoms with Crippen molar-refractivity contribution in [1.82, 2.24) is 0 Å². The van der Waals surface area contributed by atoms with Crippen molar-refractivity contribution in [2.45, 2.75) is 25.7 Å². The fraction of sp³-hybridized carbons (Fsp3) is 0.294. The molecule has 1 heterocycles. The van der Waals surface area contributed by atoms with E-state index in [9.17, 15) is 8.78 Å². The average Bonchev–Trinajstić information content (AvgIpc) is 2.48. The van der Waals surface area contributed by atoms with E-state index in [1.807, 2.05) is 6.07 Å². The molecule has 0 aliphatic carbocycles. The fourth-order valence-corrected chi connectivity index (χ4v) is 2.79. The Morgan fingerprint density at radius 1 is 1.00 bits per heavy atom. The molecule has 2 aromatic carbocycles. The van der Waals surface area contributed by atoms with Crippen LogP contribution in [-0.4, -0.2) is 6.54 Å². The van der Waals surface area contributed by atoms with Crippen LogP contribution in [0.15, 0.2) is 36.4 Å². The van der Waals surface area contributed by atoms with Crippen LogP contribution in [0, 0.1) is 11.6 Å². The Kier molecular flexibility index (Phi) is 3.68. The molecule has 0 fully saturated rings. The van der Waals surface area contributed by atoms with Gasteiger partial charge < -0.3 is 5.32 Å².